The number of hydrogen-bond acceptors (Lipinski definition) is 4. The molecule has 0 atom stereocenters. The molecule has 198 valence electrons. The summed E-state index contributed by atoms with van der Waals surface area (Å²) >= 11 is 0. The Hall–Kier alpha value is -4.91. The molecule has 40 heavy (non-hydrogen) atoms. The number of nitrogens with zero attached hydrogens (tertiary/aromatic N) is 4. The number of para-hydroxylation sites is 3. The van der Waals surface area contributed by atoms with Crippen LogP contribution < -0.4 is 0 Å². The number of imidazole rings is 1. The van der Waals surface area contributed by atoms with E-state index < -0.39 is 0 Å². The van der Waals surface area contributed by atoms with Crippen molar-refractivity contribution in [2.75, 3.05) is 13.1 Å². The Bertz CT molecular complexity index is 1790. The van der Waals surface area contributed by atoms with Crippen molar-refractivity contribution in [3.63, 3.8) is 0 Å². The zero-order valence-corrected chi connectivity index (χ0v) is 22.0. The van der Waals surface area contributed by atoms with E-state index in [1.807, 2.05) is 84.0 Å². The number of aromatic nitrogens is 4. The van der Waals surface area contributed by atoms with E-state index in [2.05, 4.69) is 25.6 Å². The van der Waals surface area contributed by atoms with Crippen molar-refractivity contribution in [2.24, 2.45) is 0 Å². The number of phenolic OH excluding ortho intramolecular Hbond substituents is 1. The Balaban J connectivity index is 1.02. The van der Waals surface area contributed by atoms with Gasteiger partial charge in [-0.3, -0.25) is 9.78 Å². The molecule has 0 unspecified atom stereocenters. The summed E-state index contributed by atoms with van der Waals surface area (Å²) in [7, 11) is 0. The molecule has 1 fully saturated rings. The first-order valence-electron chi connectivity index (χ1n) is 13.7. The molecule has 3 aromatic heterocycles. The number of aromatic amines is 1. The van der Waals surface area contributed by atoms with Crippen LogP contribution in [0.25, 0.3) is 44.3 Å². The highest BCUT2D eigenvalue weighted by molar-refractivity contribution is 5.89. The smallest absolute Gasteiger partial charge is 0.226 e. The molecule has 4 heterocycles. The number of amides is 1. The number of fused-ring (bicyclic) bond motifs is 2. The molecule has 0 radical (unpaired) electrons. The number of hydrogen-bond donors (Lipinski definition) is 2. The number of benzene rings is 3. The SMILES string of the molecule is O=C(Cc1ccc(-c2cccc(-c3cc4ccncc4[nH]3)c2O)cc1)N1CCC(n2cnc3ccccc32)CC1. The van der Waals surface area contributed by atoms with Crippen LogP contribution in [-0.2, 0) is 11.2 Å². The first-order chi connectivity index (χ1) is 19.6. The van der Waals surface area contributed by atoms with Crippen LogP contribution in [0.2, 0.25) is 0 Å². The summed E-state index contributed by atoms with van der Waals surface area (Å²) in [5.41, 5.74) is 7.30. The molecule has 7 rings (SSSR count). The summed E-state index contributed by atoms with van der Waals surface area (Å²) in [6.45, 7) is 1.50. The summed E-state index contributed by atoms with van der Waals surface area (Å²) in [4.78, 5) is 27.1. The lowest BCUT2D eigenvalue weighted by atomic mass is 9.98. The van der Waals surface area contributed by atoms with Gasteiger partial charge in [0.1, 0.15) is 5.75 Å². The molecule has 0 spiro atoms. The van der Waals surface area contributed by atoms with Gasteiger partial charge in [0.25, 0.3) is 0 Å². The van der Waals surface area contributed by atoms with E-state index >= 15 is 0 Å². The Morgan fingerprint density at radius 3 is 2.58 bits per heavy atom. The largest absolute Gasteiger partial charge is 0.507 e. The van der Waals surface area contributed by atoms with Gasteiger partial charge in [-0.05, 0) is 54.3 Å². The van der Waals surface area contributed by atoms with Crippen LogP contribution in [0.15, 0.2) is 97.6 Å². The molecule has 0 aliphatic carbocycles. The fraction of sp³-hybridized carbons (Fsp3) is 0.182. The molecule has 1 aliphatic rings. The number of carbonyl (C=O) groups is 1. The summed E-state index contributed by atoms with van der Waals surface area (Å²) < 4.78 is 2.26. The van der Waals surface area contributed by atoms with E-state index in [4.69, 9.17) is 0 Å². The molecule has 7 nitrogen and oxygen atoms in total. The molecule has 1 amide bonds. The maximum absolute atomic E-state index is 13.1. The fourth-order valence-corrected chi connectivity index (χ4v) is 5.86. The quantitative estimate of drug-likeness (QED) is 0.273. The Morgan fingerprint density at radius 1 is 0.950 bits per heavy atom. The first kappa shape index (κ1) is 24.2. The average Bonchev–Trinajstić information content (AvgIpc) is 3.63. The monoisotopic (exact) mass is 527 g/mol. The molecular formula is C33H29N5O2. The van der Waals surface area contributed by atoms with Crippen LogP contribution >= 0.6 is 0 Å². The Labute approximate surface area is 231 Å². The van der Waals surface area contributed by atoms with Crippen molar-refractivity contribution in [1.29, 1.82) is 0 Å². The number of likely N-dealkylation sites (tertiary alicyclic amines) is 1. The van der Waals surface area contributed by atoms with Gasteiger partial charge in [-0.15, -0.1) is 0 Å². The van der Waals surface area contributed by atoms with E-state index in [0.717, 1.165) is 75.8 Å². The highest BCUT2D eigenvalue weighted by Crippen LogP contribution is 2.38. The highest BCUT2D eigenvalue weighted by atomic mass is 16.3. The lowest BCUT2D eigenvalue weighted by Crippen LogP contribution is -2.39. The van der Waals surface area contributed by atoms with E-state index in [9.17, 15) is 9.90 Å². The van der Waals surface area contributed by atoms with Gasteiger partial charge < -0.3 is 19.6 Å². The molecule has 2 N–H and O–H groups in total. The van der Waals surface area contributed by atoms with Crippen molar-refractivity contribution in [3.05, 3.63) is 103 Å². The number of aromatic hydroxyl groups is 1. The van der Waals surface area contributed by atoms with Gasteiger partial charge in [0, 0.05) is 41.8 Å². The van der Waals surface area contributed by atoms with E-state index in [-0.39, 0.29) is 11.7 Å². The molecule has 3 aromatic carbocycles. The molecule has 7 heteroatoms. The highest BCUT2D eigenvalue weighted by Gasteiger charge is 2.25. The van der Waals surface area contributed by atoms with Crippen molar-refractivity contribution in [3.8, 4) is 28.1 Å². The van der Waals surface area contributed by atoms with Crippen LogP contribution in [0.3, 0.4) is 0 Å². The number of phenols is 1. The third-order valence-corrected chi connectivity index (χ3v) is 8.06. The molecule has 0 saturated carbocycles. The average molecular weight is 528 g/mol. The second-order valence-electron chi connectivity index (χ2n) is 10.5. The van der Waals surface area contributed by atoms with Crippen LogP contribution in [0.1, 0.15) is 24.4 Å². The number of rotatable bonds is 5. The van der Waals surface area contributed by atoms with E-state index in [1.54, 1.807) is 12.4 Å². The normalized spacial score (nSPS) is 14.2. The second-order valence-corrected chi connectivity index (χ2v) is 10.5. The molecular weight excluding hydrogens is 498 g/mol. The summed E-state index contributed by atoms with van der Waals surface area (Å²) in [6.07, 6.45) is 7.69. The zero-order chi connectivity index (χ0) is 27.1. The maximum Gasteiger partial charge on any atom is 0.226 e. The minimum absolute atomic E-state index is 0.153. The van der Waals surface area contributed by atoms with E-state index in [1.165, 1.54) is 0 Å². The number of carbonyl (C=O) groups excluding carboxylic acids is 1. The van der Waals surface area contributed by atoms with Gasteiger partial charge in [-0.1, -0.05) is 48.5 Å². The van der Waals surface area contributed by atoms with Gasteiger partial charge in [-0.2, -0.15) is 0 Å². The van der Waals surface area contributed by atoms with Crippen molar-refractivity contribution >= 4 is 27.8 Å². The van der Waals surface area contributed by atoms with Gasteiger partial charge in [0.05, 0.1) is 41.2 Å². The number of pyridine rings is 1. The summed E-state index contributed by atoms with van der Waals surface area (Å²) in [6, 6.07) is 26.2. The first-order valence-corrected chi connectivity index (χ1v) is 13.7. The molecule has 6 aromatic rings. The Kier molecular flexibility index (Phi) is 6.04. The van der Waals surface area contributed by atoms with Gasteiger partial charge >= 0.3 is 0 Å². The topological polar surface area (TPSA) is 87.0 Å². The number of piperidine rings is 1. The third-order valence-electron chi connectivity index (χ3n) is 8.06. The minimum atomic E-state index is 0.153. The van der Waals surface area contributed by atoms with Crippen molar-refractivity contribution < 1.29 is 9.90 Å². The second kappa shape index (κ2) is 10.0. The van der Waals surface area contributed by atoms with Gasteiger partial charge in [0.2, 0.25) is 5.91 Å². The van der Waals surface area contributed by atoms with Gasteiger partial charge in [-0.25, -0.2) is 4.98 Å². The van der Waals surface area contributed by atoms with Crippen LogP contribution in [0, 0.1) is 0 Å². The third kappa shape index (κ3) is 4.39. The minimum Gasteiger partial charge on any atom is -0.507 e. The lowest BCUT2D eigenvalue weighted by Gasteiger charge is -2.33. The molecule has 0 bridgehead atoms. The maximum atomic E-state index is 13.1. The van der Waals surface area contributed by atoms with Gasteiger partial charge in [0.15, 0.2) is 0 Å². The van der Waals surface area contributed by atoms with Crippen molar-refractivity contribution in [2.45, 2.75) is 25.3 Å². The fourth-order valence-electron chi connectivity index (χ4n) is 5.86. The van der Waals surface area contributed by atoms with E-state index in [0.29, 0.717) is 12.5 Å². The molecule has 1 aliphatic heterocycles. The zero-order valence-electron chi connectivity index (χ0n) is 22.0. The molecule has 1 saturated heterocycles. The lowest BCUT2D eigenvalue weighted by molar-refractivity contribution is -0.131. The van der Waals surface area contributed by atoms with Crippen LogP contribution in [0.5, 0.6) is 5.75 Å². The predicted octanol–water partition coefficient (Wildman–Crippen LogP) is 6.36. The Morgan fingerprint density at radius 2 is 1.75 bits per heavy atom. The van der Waals surface area contributed by atoms with Crippen molar-refractivity contribution in [1.82, 2.24) is 24.4 Å². The summed E-state index contributed by atoms with van der Waals surface area (Å²) in [5.74, 6) is 0.374. The van der Waals surface area contributed by atoms with Crippen LogP contribution in [0.4, 0.5) is 0 Å². The predicted molar refractivity (Wildman–Crippen MR) is 157 cm³/mol. The number of H-pyrrole nitrogens is 1. The van der Waals surface area contributed by atoms with Crippen LogP contribution in [-0.4, -0.2) is 48.5 Å². The standard InChI is InChI=1S/C33H29N5O2/c39-32(37-16-13-25(14-17-37)38-21-35-28-6-1-2-7-31(28)38)18-22-8-10-23(11-9-22)26-4-3-5-27(33(26)40)29-19-24-12-15-34-20-30(24)36-29/h1-12,15,19-21,25,36,40H,13-14,16-18H2. The summed E-state index contributed by atoms with van der Waals surface area (Å²) in [5, 5.41) is 12.2. The number of nitrogens with one attached hydrogen (secondary N) is 1.